The zero-order chi connectivity index (χ0) is 14.2. The summed E-state index contributed by atoms with van der Waals surface area (Å²) in [5.74, 6) is -1.74. The first-order valence-corrected chi connectivity index (χ1v) is 6.66. The number of aliphatic carboxylic acids is 1. The van der Waals surface area contributed by atoms with Crippen molar-refractivity contribution in [3.05, 3.63) is 12.2 Å². The van der Waals surface area contributed by atoms with Crippen LogP contribution in [0, 0.1) is 0 Å². The van der Waals surface area contributed by atoms with E-state index in [1.807, 2.05) is 0 Å². The van der Waals surface area contributed by atoms with Crippen molar-refractivity contribution in [1.82, 2.24) is 0 Å². The van der Waals surface area contributed by atoms with E-state index >= 15 is 0 Å². The number of hydrogen-bond acceptors (Lipinski definition) is 3. The van der Waals surface area contributed by atoms with Crippen LogP contribution in [-0.4, -0.2) is 23.7 Å². The van der Waals surface area contributed by atoms with Gasteiger partial charge in [0.1, 0.15) is 0 Å². The van der Waals surface area contributed by atoms with E-state index in [1.54, 1.807) is 0 Å². The van der Waals surface area contributed by atoms with Crippen LogP contribution in [-0.2, 0) is 14.3 Å². The first-order chi connectivity index (χ1) is 8.58. The molecule has 0 rings (SSSR count). The van der Waals surface area contributed by atoms with Gasteiger partial charge in [0.2, 0.25) is 0 Å². The molecule has 0 atom stereocenters. The monoisotopic (exact) mass is 258 g/mol. The fraction of sp³-hybridized carbons (Fsp3) is 0.714. The lowest BCUT2D eigenvalue weighted by Gasteiger charge is -2.00. The second-order valence-corrected chi connectivity index (χ2v) is 3.90. The molecule has 0 spiro atoms. The van der Waals surface area contributed by atoms with Crippen LogP contribution in [0.1, 0.15) is 59.3 Å². The summed E-state index contributed by atoms with van der Waals surface area (Å²) in [5, 5.41) is 8.21. The molecule has 0 aliphatic rings. The fourth-order valence-corrected chi connectivity index (χ4v) is 0.889. The summed E-state index contributed by atoms with van der Waals surface area (Å²) in [6, 6.07) is 0. The minimum Gasteiger partial charge on any atom is -0.478 e. The Morgan fingerprint density at radius 1 is 0.944 bits per heavy atom. The molecule has 0 unspecified atom stereocenters. The first-order valence-electron chi connectivity index (χ1n) is 6.66. The predicted octanol–water partition coefficient (Wildman–Crippen LogP) is 3.56. The van der Waals surface area contributed by atoms with Crippen molar-refractivity contribution in [1.29, 1.82) is 0 Å². The summed E-state index contributed by atoms with van der Waals surface area (Å²) in [4.78, 5) is 20.8. The molecule has 0 heterocycles. The van der Waals surface area contributed by atoms with Gasteiger partial charge in [-0.15, -0.1) is 0 Å². The van der Waals surface area contributed by atoms with E-state index in [2.05, 4.69) is 20.8 Å². The van der Waals surface area contributed by atoms with Gasteiger partial charge in [-0.3, -0.25) is 0 Å². The average molecular weight is 258 g/mol. The Balaban J connectivity index is 0. The third-order valence-electron chi connectivity index (χ3n) is 2.10. The molecular formula is C14H26O4. The van der Waals surface area contributed by atoms with Crippen molar-refractivity contribution in [3.63, 3.8) is 0 Å². The maximum Gasteiger partial charge on any atom is 0.331 e. The Bertz CT molecular complexity index is 232. The Morgan fingerprint density at radius 2 is 1.56 bits per heavy atom. The molecule has 0 saturated carbocycles. The SMILES string of the molecule is CCCC.CCCCCCOC(=O)/C=C\C(=O)O. The molecule has 0 radical (unpaired) electrons. The van der Waals surface area contributed by atoms with Crippen LogP contribution >= 0.6 is 0 Å². The molecule has 0 aromatic heterocycles. The van der Waals surface area contributed by atoms with Crippen molar-refractivity contribution in [2.45, 2.75) is 59.3 Å². The van der Waals surface area contributed by atoms with E-state index in [0.717, 1.165) is 37.8 Å². The number of ether oxygens (including phenoxy) is 1. The van der Waals surface area contributed by atoms with Crippen LogP contribution in [0.15, 0.2) is 12.2 Å². The molecule has 4 nitrogen and oxygen atoms in total. The number of esters is 1. The zero-order valence-electron chi connectivity index (χ0n) is 11.8. The summed E-state index contributed by atoms with van der Waals surface area (Å²) in [6.45, 7) is 6.82. The summed E-state index contributed by atoms with van der Waals surface area (Å²) in [7, 11) is 0. The number of carboxylic acid groups (broad SMARTS) is 1. The molecular weight excluding hydrogens is 232 g/mol. The van der Waals surface area contributed by atoms with Crippen molar-refractivity contribution < 1.29 is 19.4 Å². The zero-order valence-corrected chi connectivity index (χ0v) is 11.8. The van der Waals surface area contributed by atoms with Gasteiger partial charge in [0.15, 0.2) is 0 Å². The number of rotatable bonds is 8. The van der Waals surface area contributed by atoms with E-state index in [-0.39, 0.29) is 0 Å². The predicted molar refractivity (Wildman–Crippen MR) is 72.5 cm³/mol. The molecule has 0 fully saturated rings. The number of hydrogen-bond donors (Lipinski definition) is 1. The lowest BCUT2D eigenvalue weighted by Crippen LogP contribution is -2.03. The van der Waals surface area contributed by atoms with Crippen LogP contribution < -0.4 is 0 Å². The first kappa shape index (κ1) is 19.0. The number of unbranched alkanes of at least 4 members (excludes halogenated alkanes) is 4. The minimum absolute atomic E-state index is 0.364. The summed E-state index contributed by atoms with van der Waals surface area (Å²) >= 11 is 0. The van der Waals surface area contributed by atoms with Gasteiger partial charge in [-0.2, -0.15) is 0 Å². The van der Waals surface area contributed by atoms with E-state index in [1.165, 1.54) is 12.8 Å². The van der Waals surface area contributed by atoms with Crippen molar-refractivity contribution in [3.8, 4) is 0 Å². The van der Waals surface area contributed by atoms with Crippen LogP contribution in [0.5, 0.6) is 0 Å². The van der Waals surface area contributed by atoms with Gasteiger partial charge in [-0.25, -0.2) is 9.59 Å². The standard InChI is InChI=1S/C10H16O4.C4H10/c1-2-3-4-5-8-14-10(13)7-6-9(11)12;1-3-4-2/h6-7H,2-5,8H2,1H3,(H,11,12);3-4H2,1-2H3/b7-6-;. The largest absolute Gasteiger partial charge is 0.478 e. The van der Waals surface area contributed by atoms with E-state index in [9.17, 15) is 9.59 Å². The van der Waals surface area contributed by atoms with Gasteiger partial charge >= 0.3 is 11.9 Å². The second-order valence-electron chi connectivity index (χ2n) is 3.90. The van der Waals surface area contributed by atoms with Gasteiger partial charge in [-0.05, 0) is 6.42 Å². The molecule has 0 saturated heterocycles. The number of carbonyl (C=O) groups is 2. The maximum atomic E-state index is 10.8. The van der Waals surface area contributed by atoms with Gasteiger partial charge in [0.25, 0.3) is 0 Å². The molecule has 0 amide bonds. The van der Waals surface area contributed by atoms with Crippen LogP contribution in [0.25, 0.3) is 0 Å². The van der Waals surface area contributed by atoms with E-state index in [4.69, 9.17) is 9.84 Å². The number of carboxylic acids is 1. The Labute approximate surface area is 110 Å². The lowest BCUT2D eigenvalue weighted by molar-refractivity contribution is -0.138. The number of carbonyl (C=O) groups excluding carboxylic acids is 1. The van der Waals surface area contributed by atoms with Gasteiger partial charge < -0.3 is 9.84 Å². The summed E-state index contributed by atoms with van der Waals surface area (Å²) < 4.78 is 4.75. The molecule has 4 heteroatoms. The molecule has 1 N–H and O–H groups in total. The maximum absolute atomic E-state index is 10.8. The summed E-state index contributed by atoms with van der Waals surface area (Å²) in [5.41, 5.74) is 0. The van der Waals surface area contributed by atoms with E-state index < -0.39 is 11.9 Å². The van der Waals surface area contributed by atoms with Crippen molar-refractivity contribution in [2.75, 3.05) is 6.61 Å². The molecule has 0 bridgehead atoms. The molecule has 106 valence electrons. The van der Waals surface area contributed by atoms with Crippen molar-refractivity contribution >= 4 is 11.9 Å². The Kier molecular flexibility index (Phi) is 16.6. The minimum atomic E-state index is -1.15. The lowest BCUT2D eigenvalue weighted by atomic mass is 10.2. The molecule has 0 aromatic carbocycles. The smallest absolute Gasteiger partial charge is 0.331 e. The third kappa shape index (κ3) is 20.1. The topological polar surface area (TPSA) is 63.6 Å². The highest BCUT2D eigenvalue weighted by molar-refractivity contribution is 5.90. The average Bonchev–Trinajstić information content (AvgIpc) is 2.36. The van der Waals surface area contributed by atoms with Gasteiger partial charge in [0.05, 0.1) is 6.61 Å². The summed E-state index contributed by atoms with van der Waals surface area (Å²) in [6.07, 6.45) is 8.46. The Hall–Kier alpha value is -1.32. The van der Waals surface area contributed by atoms with Crippen LogP contribution in [0.3, 0.4) is 0 Å². The molecule has 18 heavy (non-hydrogen) atoms. The van der Waals surface area contributed by atoms with Crippen LogP contribution in [0.2, 0.25) is 0 Å². The van der Waals surface area contributed by atoms with Crippen molar-refractivity contribution in [2.24, 2.45) is 0 Å². The van der Waals surface area contributed by atoms with E-state index in [0.29, 0.717) is 6.61 Å². The highest BCUT2D eigenvalue weighted by Gasteiger charge is 1.97. The van der Waals surface area contributed by atoms with Gasteiger partial charge in [0, 0.05) is 12.2 Å². The Morgan fingerprint density at radius 3 is 2.00 bits per heavy atom. The normalized spacial score (nSPS) is 9.72. The van der Waals surface area contributed by atoms with Crippen LogP contribution in [0.4, 0.5) is 0 Å². The molecule has 0 aliphatic heterocycles. The van der Waals surface area contributed by atoms with Gasteiger partial charge in [-0.1, -0.05) is 52.9 Å². The molecule has 0 aliphatic carbocycles. The fourth-order valence-electron chi connectivity index (χ4n) is 0.889. The molecule has 0 aromatic rings. The quantitative estimate of drug-likeness (QED) is 0.411. The highest BCUT2D eigenvalue weighted by atomic mass is 16.5. The highest BCUT2D eigenvalue weighted by Crippen LogP contribution is 1.99. The second kappa shape index (κ2) is 15.7. The third-order valence-corrected chi connectivity index (χ3v) is 2.10.